The van der Waals surface area contributed by atoms with Crippen LogP contribution in [0.15, 0.2) is 53.1 Å². The maximum Gasteiger partial charge on any atom is 0.235 e. The summed E-state index contributed by atoms with van der Waals surface area (Å²) in [5, 5.41) is 10.2. The largest absolute Gasteiger partial charge is 0.469 e. The zero-order valence-corrected chi connectivity index (χ0v) is 16.2. The Hall–Kier alpha value is -3.00. The molecule has 3 heterocycles. The van der Waals surface area contributed by atoms with Gasteiger partial charge in [0.05, 0.1) is 23.5 Å². The first kappa shape index (κ1) is 18.4. The fourth-order valence-electron chi connectivity index (χ4n) is 3.32. The van der Waals surface area contributed by atoms with Gasteiger partial charge in [-0.1, -0.05) is 30.3 Å². The van der Waals surface area contributed by atoms with E-state index in [0.29, 0.717) is 23.1 Å². The van der Waals surface area contributed by atoms with Crippen LogP contribution in [0.5, 0.6) is 0 Å². The van der Waals surface area contributed by atoms with E-state index < -0.39 is 0 Å². The lowest BCUT2D eigenvalue weighted by molar-refractivity contribution is -0.116. The number of hydrogen-bond donors (Lipinski definition) is 2. The molecule has 0 radical (unpaired) electrons. The summed E-state index contributed by atoms with van der Waals surface area (Å²) in [7, 11) is 1.74. The summed E-state index contributed by atoms with van der Waals surface area (Å²) >= 11 is 1.54. The molecule has 0 bridgehead atoms. The van der Waals surface area contributed by atoms with E-state index in [4.69, 9.17) is 4.42 Å². The van der Waals surface area contributed by atoms with E-state index in [1.54, 1.807) is 35.8 Å². The number of furan rings is 1. The van der Waals surface area contributed by atoms with Gasteiger partial charge in [0.15, 0.2) is 5.82 Å². The highest BCUT2D eigenvalue weighted by Gasteiger charge is 2.34. The number of hydrogen-bond acceptors (Lipinski definition) is 5. The van der Waals surface area contributed by atoms with E-state index in [0.717, 1.165) is 11.3 Å². The third kappa shape index (κ3) is 3.82. The normalized spacial score (nSPS) is 15.8. The molecule has 2 amide bonds. The summed E-state index contributed by atoms with van der Waals surface area (Å²) in [5.41, 5.74) is 1.95. The SMILES string of the molecule is Cn1nc(NC(=O)CSCc2ccccc2)c2c1NC(=O)C[C@H]2c1ccco1. The molecule has 1 aliphatic rings. The van der Waals surface area contributed by atoms with Gasteiger partial charge in [0, 0.05) is 19.2 Å². The lowest BCUT2D eigenvalue weighted by atomic mass is 9.91. The lowest BCUT2D eigenvalue weighted by Crippen LogP contribution is -2.25. The Morgan fingerprint density at radius 1 is 1.32 bits per heavy atom. The van der Waals surface area contributed by atoms with Crippen LogP contribution in [0.3, 0.4) is 0 Å². The molecule has 0 fully saturated rings. The molecule has 144 valence electrons. The summed E-state index contributed by atoms with van der Waals surface area (Å²) in [6.07, 6.45) is 1.83. The predicted molar refractivity (Wildman–Crippen MR) is 108 cm³/mol. The summed E-state index contributed by atoms with van der Waals surface area (Å²) in [6, 6.07) is 13.6. The predicted octanol–water partition coefficient (Wildman–Crippen LogP) is 3.36. The van der Waals surface area contributed by atoms with Crippen LogP contribution in [-0.4, -0.2) is 27.3 Å². The number of carbonyl (C=O) groups is 2. The van der Waals surface area contributed by atoms with Gasteiger partial charge in [-0.15, -0.1) is 11.8 Å². The molecule has 0 unspecified atom stereocenters. The average molecular weight is 396 g/mol. The molecule has 2 N–H and O–H groups in total. The fourth-order valence-corrected chi connectivity index (χ4v) is 4.11. The Bertz CT molecular complexity index is 983. The van der Waals surface area contributed by atoms with Gasteiger partial charge >= 0.3 is 0 Å². The first-order valence-corrected chi connectivity index (χ1v) is 10.1. The van der Waals surface area contributed by atoms with Gasteiger partial charge in [-0.25, -0.2) is 0 Å². The highest BCUT2D eigenvalue weighted by Crippen LogP contribution is 2.41. The van der Waals surface area contributed by atoms with E-state index in [1.165, 1.54) is 5.56 Å². The third-order valence-corrected chi connectivity index (χ3v) is 5.57. The molecule has 0 spiro atoms. The molecule has 1 aromatic carbocycles. The topological polar surface area (TPSA) is 89.2 Å². The van der Waals surface area contributed by atoms with Crippen molar-refractivity contribution in [2.75, 3.05) is 16.4 Å². The van der Waals surface area contributed by atoms with Gasteiger partial charge in [0.1, 0.15) is 11.6 Å². The van der Waals surface area contributed by atoms with E-state index >= 15 is 0 Å². The number of thioether (sulfide) groups is 1. The molecule has 0 aliphatic carbocycles. The minimum absolute atomic E-state index is 0.104. The van der Waals surface area contributed by atoms with E-state index in [-0.39, 0.29) is 24.2 Å². The van der Waals surface area contributed by atoms with Gasteiger partial charge in [-0.2, -0.15) is 5.10 Å². The molecule has 0 saturated carbocycles. The zero-order chi connectivity index (χ0) is 19.5. The van der Waals surface area contributed by atoms with Crippen LogP contribution in [0, 0.1) is 0 Å². The number of anilines is 2. The van der Waals surface area contributed by atoms with E-state index in [9.17, 15) is 9.59 Å². The second-order valence-corrected chi connectivity index (χ2v) is 7.57. The van der Waals surface area contributed by atoms with Crippen molar-refractivity contribution in [1.29, 1.82) is 0 Å². The van der Waals surface area contributed by atoms with Crippen molar-refractivity contribution in [3.63, 3.8) is 0 Å². The van der Waals surface area contributed by atoms with Crippen LogP contribution in [0.25, 0.3) is 0 Å². The number of aryl methyl sites for hydroxylation is 1. The smallest absolute Gasteiger partial charge is 0.235 e. The van der Waals surface area contributed by atoms with Crippen molar-refractivity contribution < 1.29 is 14.0 Å². The standard InChI is InChI=1S/C20H20N4O3S/c1-24-20-18(14(10-16(25)22-20)15-8-5-9-27-15)19(23-24)21-17(26)12-28-11-13-6-3-2-4-7-13/h2-9,14H,10-12H2,1H3,(H,22,25)(H,21,23,26)/t14-/m0/s1. The van der Waals surface area contributed by atoms with Gasteiger partial charge < -0.3 is 15.1 Å². The quantitative estimate of drug-likeness (QED) is 0.667. The molecule has 1 aliphatic heterocycles. The average Bonchev–Trinajstić information content (AvgIpc) is 3.31. The third-order valence-electron chi connectivity index (χ3n) is 4.57. The minimum atomic E-state index is -0.278. The summed E-state index contributed by atoms with van der Waals surface area (Å²) in [4.78, 5) is 24.6. The van der Waals surface area contributed by atoms with Gasteiger partial charge in [-0.3, -0.25) is 14.3 Å². The highest BCUT2D eigenvalue weighted by atomic mass is 32.2. The van der Waals surface area contributed by atoms with Crippen molar-refractivity contribution >= 4 is 35.2 Å². The van der Waals surface area contributed by atoms with Crippen molar-refractivity contribution in [3.8, 4) is 0 Å². The maximum atomic E-state index is 12.5. The van der Waals surface area contributed by atoms with Crippen LogP contribution in [0.2, 0.25) is 0 Å². The summed E-state index contributed by atoms with van der Waals surface area (Å²) in [5.74, 6) is 2.30. The van der Waals surface area contributed by atoms with E-state index in [1.807, 2.05) is 36.4 Å². The molecule has 8 heteroatoms. The second kappa shape index (κ2) is 7.93. The number of amides is 2. The maximum absolute atomic E-state index is 12.5. The highest BCUT2D eigenvalue weighted by molar-refractivity contribution is 7.99. The molecular formula is C20H20N4O3S. The minimum Gasteiger partial charge on any atom is -0.469 e. The van der Waals surface area contributed by atoms with E-state index in [2.05, 4.69) is 15.7 Å². The van der Waals surface area contributed by atoms with Crippen molar-refractivity contribution in [2.45, 2.75) is 18.1 Å². The first-order chi connectivity index (χ1) is 13.6. The molecular weight excluding hydrogens is 376 g/mol. The molecule has 3 aromatic rings. The van der Waals surface area contributed by atoms with Crippen molar-refractivity contribution in [2.24, 2.45) is 7.05 Å². The molecule has 1 atom stereocenters. The van der Waals surface area contributed by atoms with Crippen molar-refractivity contribution in [3.05, 3.63) is 65.6 Å². The van der Waals surface area contributed by atoms with Gasteiger partial charge in [0.2, 0.25) is 11.8 Å². The number of fused-ring (bicyclic) bond motifs is 1. The number of aromatic nitrogens is 2. The Morgan fingerprint density at radius 2 is 2.14 bits per heavy atom. The number of carbonyl (C=O) groups excluding carboxylic acids is 2. The molecule has 4 rings (SSSR count). The summed E-state index contributed by atoms with van der Waals surface area (Å²) in [6.45, 7) is 0. The first-order valence-electron chi connectivity index (χ1n) is 8.93. The fraction of sp³-hybridized carbons (Fsp3) is 0.250. The van der Waals surface area contributed by atoms with Gasteiger partial charge in [0.25, 0.3) is 0 Å². The molecule has 0 saturated heterocycles. The molecule has 2 aromatic heterocycles. The number of rotatable bonds is 6. The van der Waals surface area contributed by atoms with Crippen LogP contribution < -0.4 is 10.6 Å². The van der Waals surface area contributed by atoms with Crippen LogP contribution in [0.4, 0.5) is 11.6 Å². The Labute approximate surface area is 166 Å². The number of benzene rings is 1. The molecule has 7 nitrogen and oxygen atoms in total. The Kier molecular flexibility index (Phi) is 5.21. The monoisotopic (exact) mass is 396 g/mol. The lowest BCUT2D eigenvalue weighted by Gasteiger charge is -2.22. The summed E-state index contributed by atoms with van der Waals surface area (Å²) < 4.78 is 7.11. The van der Waals surface area contributed by atoms with Crippen molar-refractivity contribution in [1.82, 2.24) is 9.78 Å². The molecule has 28 heavy (non-hydrogen) atoms. The number of nitrogens with zero attached hydrogens (tertiary/aromatic N) is 2. The van der Waals surface area contributed by atoms with Crippen LogP contribution >= 0.6 is 11.8 Å². The Balaban J connectivity index is 1.49. The van der Waals surface area contributed by atoms with Crippen LogP contribution in [-0.2, 0) is 22.4 Å². The van der Waals surface area contributed by atoms with Crippen LogP contribution in [0.1, 0.15) is 29.2 Å². The van der Waals surface area contributed by atoms with Gasteiger partial charge in [-0.05, 0) is 17.7 Å². The number of nitrogens with one attached hydrogen (secondary N) is 2. The Morgan fingerprint density at radius 3 is 2.89 bits per heavy atom. The second-order valence-electron chi connectivity index (χ2n) is 6.58. The zero-order valence-electron chi connectivity index (χ0n) is 15.3.